The van der Waals surface area contributed by atoms with Gasteiger partial charge in [0.2, 0.25) is 0 Å². The number of nitrogens with zero attached hydrogens (tertiary/aromatic N) is 2. The summed E-state index contributed by atoms with van der Waals surface area (Å²) in [5, 5.41) is 5.82. The van der Waals surface area contributed by atoms with Gasteiger partial charge >= 0.3 is 0 Å². The van der Waals surface area contributed by atoms with Crippen LogP contribution in [0, 0.1) is 20.8 Å². The molecule has 0 aliphatic carbocycles. The Morgan fingerprint density at radius 1 is 0.628 bits per heavy atom. The molecule has 1 unspecified atom stereocenters. The van der Waals surface area contributed by atoms with Crippen molar-refractivity contribution in [1.29, 1.82) is 0 Å². The van der Waals surface area contributed by atoms with Gasteiger partial charge in [0.25, 0.3) is 0 Å². The molecule has 5 heteroatoms. The van der Waals surface area contributed by atoms with E-state index in [1.807, 2.05) is 78.9 Å². The zero-order valence-corrected chi connectivity index (χ0v) is 45.5. The van der Waals surface area contributed by atoms with Crippen molar-refractivity contribution in [2.75, 3.05) is 11.9 Å². The lowest BCUT2D eigenvalue weighted by Gasteiger charge is -2.15. The first kappa shape index (κ1) is 55.0. The third-order valence-electron chi connectivity index (χ3n) is 13.9. The molecule has 0 fully saturated rings. The lowest BCUT2D eigenvalue weighted by atomic mass is 9.90. The van der Waals surface area contributed by atoms with Crippen LogP contribution in [0.3, 0.4) is 0 Å². The van der Waals surface area contributed by atoms with Gasteiger partial charge < -0.3 is 21.4 Å². The fourth-order valence-electron chi connectivity index (χ4n) is 9.56. The fourth-order valence-corrected chi connectivity index (χ4v) is 9.56. The van der Waals surface area contributed by atoms with E-state index in [2.05, 4.69) is 232 Å². The third-order valence-corrected chi connectivity index (χ3v) is 13.9. The largest absolute Gasteiger partial charge is 0.390 e. The molecule has 0 aliphatic heterocycles. The van der Waals surface area contributed by atoms with Crippen molar-refractivity contribution in [1.82, 2.24) is 4.57 Å². The zero-order chi connectivity index (χ0) is 54.6. The van der Waals surface area contributed by atoms with Gasteiger partial charge in [-0.3, -0.25) is 4.99 Å². The summed E-state index contributed by atoms with van der Waals surface area (Å²) >= 11 is 0. The minimum absolute atomic E-state index is 0.267. The second kappa shape index (κ2) is 27.5. The van der Waals surface area contributed by atoms with Gasteiger partial charge in [0.05, 0.1) is 30.0 Å². The molecule has 0 amide bonds. The second-order valence-electron chi connectivity index (χ2n) is 19.4. The maximum absolute atomic E-state index is 7.08. The Bertz CT molecular complexity index is 3700. The van der Waals surface area contributed by atoms with E-state index in [1.54, 1.807) is 0 Å². The summed E-state index contributed by atoms with van der Waals surface area (Å²) in [6.45, 7) is 18.6. The smallest absolute Gasteiger partial charge is 0.0801 e. The molecule has 9 aromatic carbocycles. The summed E-state index contributed by atoms with van der Waals surface area (Å²) in [4.78, 5) is 3.89. The van der Waals surface area contributed by atoms with Crippen molar-refractivity contribution < 1.29 is 0 Å². The predicted molar refractivity (Wildman–Crippen MR) is 337 cm³/mol. The number of aromatic nitrogens is 1. The van der Waals surface area contributed by atoms with Crippen molar-refractivity contribution in [3.63, 3.8) is 0 Å². The van der Waals surface area contributed by atoms with Crippen LogP contribution in [0.4, 0.5) is 5.69 Å². The Morgan fingerprint density at radius 3 is 1.92 bits per heavy atom. The fraction of sp³-hybridized carbons (Fsp3) is 0.110. The molecule has 10 rings (SSSR count). The maximum atomic E-state index is 7.08. The van der Waals surface area contributed by atoms with Gasteiger partial charge in [-0.15, -0.1) is 0 Å². The highest BCUT2D eigenvalue weighted by Gasteiger charge is 2.20. The van der Waals surface area contributed by atoms with Crippen LogP contribution < -0.4 is 16.8 Å². The summed E-state index contributed by atoms with van der Waals surface area (Å²) in [7, 11) is 0. The average molecular weight is 1020 g/mol. The predicted octanol–water partition coefficient (Wildman–Crippen LogP) is 18.1. The van der Waals surface area contributed by atoms with E-state index in [1.165, 1.54) is 56.1 Å². The summed E-state index contributed by atoms with van der Waals surface area (Å²) in [6.07, 6.45) is 12.7. The standard InChI is InChI=1S/C58H53N3.C8H10N2.C7H8/c1-6-44(30-28-41(3)40(2)19-16-17-36-60-49-22-12-8-13-23-49)46-32-34-51(43(5)37-46)53-38-47(31-29-42(53)4)48-33-35-55-54(39-48)57-52(58(59)45-20-10-7-11-21-45)26-18-27-56(57)61(55)50-24-14-9-15-25-50;9-7-10-6-8-4-2-1-3-5-8;1-7-5-3-2-4-6-7/h6-16,18-35,37-39,58,60H,1-2,17,36,59H2,3-5H3;1-5,7H,6H2,(H2,9,10);2-6H,1H3/b19-16-,41-28+,44-30+;;. The molecule has 1 heterocycles. The molecule has 78 heavy (non-hydrogen) atoms. The van der Waals surface area contributed by atoms with E-state index in [0.29, 0.717) is 6.54 Å². The first-order valence-corrected chi connectivity index (χ1v) is 26.7. The van der Waals surface area contributed by atoms with Gasteiger partial charge in [0.15, 0.2) is 0 Å². The minimum atomic E-state index is -0.267. The number of aryl methyl sites for hydroxylation is 3. The molecule has 0 radical (unpaired) electrons. The van der Waals surface area contributed by atoms with Crippen LogP contribution in [0.2, 0.25) is 0 Å². The molecule has 0 spiro atoms. The number of fused-ring (bicyclic) bond motifs is 3. The van der Waals surface area contributed by atoms with Gasteiger partial charge in [0.1, 0.15) is 0 Å². The third kappa shape index (κ3) is 14.1. The van der Waals surface area contributed by atoms with Gasteiger partial charge in [-0.1, -0.05) is 225 Å². The number of aliphatic imine (C=N–C) groups is 1. The molecular weight excluding hydrogens is 947 g/mol. The maximum Gasteiger partial charge on any atom is 0.0801 e. The summed E-state index contributed by atoms with van der Waals surface area (Å²) < 4.78 is 2.37. The van der Waals surface area contributed by atoms with E-state index >= 15 is 0 Å². The normalized spacial score (nSPS) is 12.0. The zero-order valence-electron chi connectivity index (χ0n) is 45.5. The molecule has 0 bridgehead atoms. The van der Waals surface area contributed by atoms with Gasteiger partial charge in [-0.05, 0) is 155 Å². The minimum Gasteiger partial charge on any atom is -0.390 e. The lowest BCUT2D eigenvalue weighted by Crippen LogP contribution is -2.12. The van der Waals surface area contributed by atoms with Crippen molar-refractivity contribution in [3.8, 4) is 27.9 Å². The highest BCUT2D eigenvalue weighted by atomic mass is 15.0. The van der Waals surface area contributed by atoms with E-state index in [4.69, 9.17) is 11.5 Å². The van der Waals surface area contributed by atoms with E-state index in [9.17, 15) is 0 Å². The van der Waals surface area contributed by atoms with Gasteiger partial charge in [-0.25, -0.2) is 0 Å². The van der Waals surface area contributed by atoms with Crippen LogP contribution in [-0.4, -0.2) is 17.5 Å². The van der Waals surface area contributed by atoms with E-state index < -0.39 is 0 Å². The molecule has 10 aromatic rings. The van der Waals surface area contributed by atoms with Crippen LogP contribution in [-0.2, 0) is 6.54 Å². The first-order valence-electron chi connectivity index (χ1n) is 26.7. The van der Waals surface area contributed by atoms with Gasteiger partial charge in [0, 0.05) is 28.7 Å². The molecule has 388 valence electrons. The second-order valence-corrected chi connectivity index (χ2v) is 19.4. The van der Waals surface area contributed by atoms with Crippen molar-refractivity contribution >= 4 is 39.4 Å². The number of nitrogens with one attached hydrogen (secondary N) is 1. The SMILES string of the molecule is C=C/C(=C\C=C(/C)C(=C)/C=C\CCNc1ccccc1)c1ccc(-c2cc(-c3ccc4c(c3)c3c(C(N)c5ccccc5)cccc3n4-c3ccccc3)ccc2C)c(C)c1.Cc1ccccc1.NC=NCc1ccccc1. The van der Waals surface area contributed by atoms with Crippen molar-refractivity contribution in [2.24, 2.45) is 16.5 Å². The number of hydrogen-bond acceptors (Lipinski definition) is 3. The number of hydrogen-bond donors (Lipinski definition) is 3. The van der Waals surface area contributed by atoms with Crippen LogP contribution in [0.25, 0.3) is 55.3 Å². The molecular formula is C73H71N5. The highest BCUT2D eigenvalue weighted by Crippen LogP contribution is 2.40. The molecule has 5 N–H and O–H groups in total. The Hall–Kier alpha value is -9.29. The first-order chi connectivity index (χ1) is 38.1. The highest BCUT2D eigenvalue weighted by molar-refractivity contribution is 6.12. The number of allylic oxidation sites excluding steroid dienone is 7. The van der Waals surface area contributed by atoms with Crippen molar-refractivity contribution in [2.45, 2.75) is 46.7 Å². The van der Waals surface area contributed by atoms with Crippen LogP contribution in [0.1, 0.15) is 58.3 Å². The quantitative estimate of drug-likeness (QED) is 0.0390. The number of rotatable bonds is 16. The van der Waals surface area contributed by atoms with E-state index in [0.717, 1.165) is 74.3 Å². The molecule has 0 saturated heterocycles. The molecule has 1 aromatic heterocycles. The topological polar surface area (TPSA) is 81.4 Å². The summed E-state index contributed by atoms with van der Waals surface area (Å²) in [6, 6.07) is 78.3. The lowest BCUT2D eigenvalue weighted by molar-refractivity contribution is 0.881. The van der Waals surface area contributed by atoms with Crippen LogP contribution >= 0.6 is 0 Å². The Kier molecular flexibility index (Phi) is 19.4. The number of nitrogens with two attached hydrogens (primary N) is 2. The Morgan fingerprint density at radius 2 is 1.27 bits per heavy atom. The summed E-state index contributed by atoms with van der Waals surface area (Å²) in [5.41, 5.74) is 33.0. The molecule has 5 nitrogen and oxygen atoms in total. The van der Waals surface area contributed by atoms with Gasteiger partial charge in [-0.2, -0.15) is 0 Å². The molecule has 0 saturated carbocycles. The monoisotopic (exact) mass is 1020 g/mol. The molecule has 1 atom stereocenters. The number of benzene rings is 9. The number of anilines is 1. The molecule has 0 aliphatic rings. The summed E-state index contributed by atoms with van der Waals surface area (Å²) in [5.74, 6) is 0. The number of para-hydroxylation sites is 2. The van der Waals surface area contributed by atoms with Crippen molar-refractivity contribution in [3.05, 3.63) is 318 Å². The Labute approximate surface area is 462 Å². The van der Waals surface area contributed by atoms with Crippen LogP contribution in [0.15, 0.2) is 284 Å². The Balaban J connectivity index is 0.000000401. The van der Waals surface area contributed by atoms with E-state index in [-0.39, 0.29) is 6.04 Å². The van der Waals surface area contributed by atoms with Crippen LogP contribution in [0.5, 0.6) is 0 Å². The average Bonchev–Trinajstić information content (AvgIpc) is 4.02.